The van der Waals surface area contributed by atoms with Crippen molar-refractivity contribution in [3.8, 4) is 11.4 Å². The molecule has 1 aliphatic heterocycles. The molecule has 2 aromatic rings. The largest absolute Gasteiger partial charge is 0.417 e. The zero-order valence-corrected chi connectivity index (χ0v) is 20.0. The van der Waals surface area contributed by atoms with Crippen molar-refractivity contribution >= 4 is 10.0 Å². The van der Waals surface area contributed by atoms with E-state index in [-0.39, 0.29) is 17.3 Å². The number of alkyl halides is 3. The predicted octanol–water partition coefficient (Wildman–Crippen LogP) is 2.68. The second-order valence-electron chi connectivity index (χ2n) is 10.0. The fraction of sp³-hybridized carbons (Fsp3) is 0.682. The van der Waals surface area contributed by atoms with Crippen LogP contribution < -0.4 is 15.8 Å². The molecule has 5 N–H and O–H groups in total. The number of benzene rings is 1. The van der Waals surface area contributed by atoms with Gasteiger partial charge in [-0.05, 0) is 86.6 Å². The van der Waals surface area contributed by atoms with Crippen LogP contribution in [0.25, 0.3) is 11.4 Å². The van der Waals surface area contributed by atoms with Crippen LogP contribution in [0.5, 0.6) is 0 Å². The molecule has 1 aromatic carbocycles. The molecule has 3 unspecified atom stereocenters. The van der Waals surface area contributed by atoms with Crippen LogP contribution >= 0.6 is 0 Å². The van der Waals surface area contributed by atoms with Crippen molar-refractivity contribution in [3.05, 3.63) is 23.3 Å². The van der Waals surface area contributed by atoms with Crippen molar-refractivity contribution in [1.29, 1.82) is 0 Å². The maximum Gasteiger partial charge on any atom is 0.417 e. The Morgan fingerprint density at radius 3 is 2.43 bits per heavy atom. The van der Waals surface area contributed by atoms with Crippen molar-refractivity contribution in [1.82, 2.24) is 31.3 Å². The Bertz CT molecular complexity index is 1150. The molecule has 1 saturated heterocycles. The van der Waals surface area contributed by atoms with E-state index in [1.165, 1.54) is 25.3 Å². The lowest BCUT2D eigenvalue weighted by atomic mass is 9.78. The minimum Gasteiger partial charge on any atom is -0.314 e. The van der Waals surface area contributed by atoms with Crippen LogP contribution in [0.3, 0.4) is 0 Å². The van der Waals surface area contributed by atoms with E-state index in [1.54, 1.807) is 0 Å². The first-order chi connectivity index (χ1) is 16.6. The lowest BCUT2D eigenvalue weighted by Gasteiger charge is -2.37. The Balaban J connectivity index is 1.38. The third-order valence-electron chi connectivity index (χ3n) is 7.90. The van der Waals surface area contributed by atoms with E-state index in [1.807, 2.05) is 0 Å². The van der Waals surface area contributed by atoms with Crippen LogP contribution in [0.2, 0.25) is 0 Å². The van der Waals surface area contributed by atoms with E-state index in [0.717, 1.165) is 37.8 Å². The summed E-state index contributed by atoms with van der Waals surface area (Å²) in [5, 5.41) is 25.9. The molecule has 3 atom stereocenters. The molecular formula is C22H30F3N7O2S. The summed E-state index contributed by atoms with van der Waals surface area (Å²) in [7, 11) is -4.73. The van der Waals surface area contributed by atoms with E-state index in [0.29, 0.717) is 36.5 Å². The van der Waals surface area contributed by atoms with Crippen molar-refractivity contribution in [2.24, 2.45) is 11.1 Å². The molecule has 0 amide bonds. The van der Waals surface area contributed by atoms with E-state index < -0.39 is 26.7 Å². The van der Waals surface area contributed by atoms with Crippen molar-refractivity contribution < 1.29 is 21.6 Å². The fourth-order valence-corrected chi connectivity index (χ4v) is 7.28. The van der Waals surface area contributed by atoms with Crippen LogP contribution in [0.15, 0.2) is 17.0 Å². The quantitative estimate of drug-likeness (QED) is 0.482. The van der Waals surface area contributed by atoms with Gasteiger partial charge in [-0.3, -0.25) is 0 Å². The molecular weight excluding hydrogens is 483 g/mol. The SMILES string of the molecule is NS(=O)(=O)c1c(C(F)(F)F)ccc(C2CCC(NC3CCC4CCNC4C3)CC2)c1-c1nn[nH]n1. The van der Waals surface area contributed by atoms with Gasteiger partial charge in [0.1, 0.15) is 4.90 Å². The molecule has 35 heavy (non-hydrogen) atoms. The van der Waals surface area contributed by atoms with Gasteiger partial charge in [0, 0.05) is 23.7 Å². The van der Waals surface area contributed by atoms with Crippen LogP contribution in [-0.2, 0) is 16.2 Å². The number of aromatic nitrogens is 4. The minimum atomic E-state index is -4.91. The Morgan fingerprint density at radius 2 is 1.77 bits per heavy atom. The van der Waals surface area contributed by atoms with E-state index in [2.05, 4.69) is 31.3 Å². The highest BCUT2D eigenvalue weighted by Gasteiger charge is 2.41. The van der Waals surface area contributed by atoms with Crippen molar-refractivity contribution in [3.63, 3.8) is 0 Å². The molecule has 13 heteroatoms. The lowest BCUT2D eigenvalue weighted by molar-refractivity contribution is -0.139. The highest BCUT2D eigenvalue weighted by atomic mass is 32.2. The normalized spacial score (nSPS) is 29.8. The first-order valence-corrected chi connectivity index (χ1v) is 13.7. The summed E-state index contributed by atoms with van der Waals surface area (Å²) in [6.07, 6.45) is 2.99. The number of hydrogen-bond donors (Lipinski definition) is 4. The highest BCUT2D eigenvalue weighted by Crippen LogP contribution is 2.45. The summed E-state index contributed by atoms with van der Waals surface area (Å²) in [5.74, 6) is 0.438. The molecule has 1 aromatic heterocycles. The molecule has 192 valence electrons. The van der Waals surface area contributed by atoms with E-state index in [4.69, 9.17) is 5.14 Å². The van der Waals surface area contributed by atoms with E-state index >= 15 is 0 Å². The van der Waals surface area contributed by atoms with E-state index in [9.17, 15) is 21.6 Å². The Kier molecular flexibility index (Phi) is 6.62. The summed E-state index contributed by atoms with van der Waals surface area (Å²) in [6.45, 7) is 1.10. The second-order valence-corrected chi connectivity index (χ2v) is 11.5. The topological polar surface area (TPSA) is 139 Å². The van der Waals surface area contributed by atoms with Crippen LogP contribution in [0.1, 0.15) is 68.4 Å². The summed E-state index contributed by atoms with van der Waals surface area (Å²) in [6, 6.07) is 3.54. The second kappa shape index (κ2) is 9.41. The van der Waals surface area contributed by atoms with Gasteiger partial charge < -0.3 is 10.6 Å². The molecule has 3 aliphatic rings. The Morgan fingerprint density at radius 1 is 1.03 bits per heavy atom. The van der Waals surface area contributed by atoms with Gasteiger partial charge in [0.25, 0.3) is 0 Å². The number of sulfonamides is 1. The lowest BCUT2D eigenvalue weighted by Crippen LogP contribution is -2.47. The predicted molar refractivity (Wildman–Crippen MR) is 122 cm³/mol. The number of nitrogens with zero attached hydrogens (tertiary/aromatic N) is 3. The van der Waals surface area contributed by atoms with Crippen molar-refractivity contribution in [2.45, 2.75) is 86.5 Å². The molecule has 2 saturated carbocycles. The molecule has 3 fully saturated rings. The summed E-state index contributed by atoms with van der Waals surface area (Å²) in [5.41, 5.74) is -1.08. The number of aromatic amines is 1. The molecule has 0 bridgehead atoms. The maximum absolute atomic E-state index is 13.7. The molecule has 2 aliphatic carbocycles. The molecule has 5 rings (SSSR count). The smallest absolute Gasteiger partial charge is 0.314 e. The van der Waals surface area contributed by atoms with Gasteiger partial charge in [-0.15, -0.1) is 10.2 Å². The number of nitrogens with one attached hydrogen (secondary N) is 3. The number of rotatable bonds is 5. The average Bonchev–Trinajstić information content (AvgIpc) is 3.49. The third kappa shape index (κ3) is 5.09. The summed E-state index contributed by atoms with van der Waals surface area (Å²) < 4.78 is 66.0. The van der Waals surface area contributed by atoms with Gasteiger partial charge >= 0.3 is 6.18 Å². The Labute approximate surface area is 201 Å². The third-order valence-corrected chi connectivity index (χ3v) is 8.90. The van der Waals surface area contributed by atoms with Gasteiger partial charge in [0.15, 0.2) is 0 Å². The number of fused-ring (bicyclic) bond motifs is 1. The standard InChI is InChI=1S/C22H30F3N7O2S/c23-22(24,25)17-8-7-16(19(20(17)35(26,33)34)21-29-31-32-30-21)12-1-4-14(5-2-12)28-15-6-3-13-9-10-27-18(13)11-15/h7-8,12-15,18,27-28H,1-6,9-11H2,(H2,26,33,34)(H,29,30,31,32). The Hall–Kier alpha value is -2.09. The van der Waals surface area contributed by atoms with Crippen LogP contribution in [-0.4, -0.2) is 53.7 Å². The number of H-pyrrole nitrogens is 1. The number of nitrogens with two attached hydrogens (primary N) is 1. The summed E-state index contributed by atoms with van der Waals surface area (Å²) >= 11 is 0. The minimum absolute atomic E-state index is 0.142. The van der Waals surface area contributed by atoms with Crippen LogP contribution in [0, 0.1) is 5.92 Å². The first-order valence-electron chi connectivity index (χ1n) is 12.1. The monoisotopic (exact) mass is 513 g/mol. The van der Waals surface area contributed by atoms with Crippen molar-refractivity contribution in [2.75, 3.05) is 6.54 Å². The van der Waals surface area contributed by atoms with Gasteiger partial charge in [0.05, 0.1) is 5.56 Å². The molecule has 0 spiro atoms. The number of hydrogen-bond acceptors (Lipinski definition) is 7. The van der Waals surface area contributed by atoms with Crippen LogP contribution in [0.4, 0.5) is 13.2 Å². The van der Waals surface area contributed by atoms with Gasteiger partial charge in [-0.1, -0.05) is 6.07 Å². The fourth-order valence-electron chi connectivity index (χ4n) is 6.29. The number of primary sulfonamides is 1. The first kappa shape index (κ1) is 24.6. The molecule has 2 heterocycles. The van der Waals surface area contributed by atoms with Gasteiger partial charge in [-0.2, -0.15) is 18.4 Å². The van der Waals surface area contributed by atoms with Gasteiger partial charge in [-0.25, -0.2) is 13.6 Å². The molecule has 0 radical (unpaired) electrons. The zero-order chi connectivity index (χ0) is 24.8. The average molecular weight is 514 g/mol. The number of halogens is 3. The maximum atomic E-state index is 13.7. The zero-order valence-electron chi connectivity index (χ0n) is 19.2. The summed E-state index contributed by atoms with van der Waals surface area (Å²) in [4.78, 5) is -0.995. The number of tetrazole rings is 1. The van der Waals surface area contributed by atoms with Gasteiger partial charge in [0.2, 0.25) is 15.8 Å². The highest BCUT2D eigenvalue weighted by molar-refractivity contribution is 7.89. The molecule has 9 nitrogen and oxygen atoms in total.